The van der Waals surface area contributed by atoms with E-state index in [1.807, 2.05) is 0 Å². The van der Waals surface area contributed by atoms with Crippen LogP contribution >= 0.6 is 23.2 Å². The van der Waals surface area contributed by atoms with Crippen LogP contribution in [0.4, 0.5) is 5.69 Å². The Bertz CT molecular complexity index is 382. The first-order chi connectivity index (χ1) is 7.31. The summed E-state index contributed by atoms with van der Waals surface area (Å²) in [6.45, 7) is 0. The third kappa shape index (κ3) is 7.65. The van der Waals surface area contributed by atoms with Gasteiger partial charge in [-0.1, -0.05) is 23.2 Å². The molecule has 16 heavy (non-hydrogen) atoms. The summed E-state index contributed by atoms with van der Waals surface area (Å²) in [5, 5.41) is 14.6. The van der Waals surface area contributed by atoms with Crippen LogP contribution in [0.5, 0.6) is 0 Å². The number of hydrogen-bond donors (Lipinski definition) is 3. The maximum atomic E-state index is 8.36. The van der Waals surface area contributed by atoms with E-state index in [1.165, 1.54) is 0 Å². The summed E-state index contributed by atoms with van der Waals surface area (Å²) in [4.78, 5) is 12.1. The van der Waals surface area contributed by atoms with Gasteiger partial charge in [0.05, 0.1) is 5.69 Å². The van der Waals surface area contributed by atoms with Crippen molar-refractivity contribution < 1.29 is 10.3 Å². The SMILES string of the molecule is NC(N)=Nc1cc(Cl)cc(Cl)c1.O=[N+]([O-])O. The summed E-state index contributed by atoms with van der Waals surface area (Å²) in [5.41, 5.74) is 10.9. The number of hydrogen-bond acceptors (Lipinski definition) is 3. The molecule has 0 bridgehead atoms. The lowest BCUT2D eigenvalue weighted by Gasteiger charge is -1.97. The highest BCUT2D eigenvalue weighted by molar-refractivity contribution is 6.35. The number of rotatable bonds is 1. The van der Waals surface area contributed by atoms with Crippen molar-refractivity contribution in [3.8, 4) is 0 Å². The molecule has 1 aromatic rings. The minimum atomic E-state index is -1.50. The Morgan fingerprint density at radius 2 is 1.69 bits per heavy atom. The highest BCUT2D eigenvalue weighted by Crippen LogP contribution is 2.24. The average Bonchev–Trinajstić information content (AvgIpc) is 1.97. The van der Waals surface area contributed by atoms with Crippen LogP contribution in [0.2, 0.25) is 10.0 Å². The van der Waals surface area contributed by atoms with Crippen LogP contribution in [0.3, 0.4) is 0 Å². The Kier molecular flexibility index (Phi) is 5.97. The highest BCUT2D eigenvalue weighted by atomic mass is 35.5. The summed E-state index contributed by atoms with van der Waals surface area (Å²) in [7, 11) is 0. The van der Waals surface area contributed by atoms with E-state index in [1.54, 1.807) is 18.2 Å². The second-order valence-electron chi connectivity index (χ2n) is 2.40. The predicted molar refractivity (Wildman–Crippen MR) is 60.7 cm³/mol. The lowest BCUT2D eigenvalue weighted by Crippen LogP contribution is -2.21. The monoisotopic (exact) mass is 266 g/mol. The first kappa shape index (κ1) is 14.3. The van der Waals surface area contributed by atoms with Gasteiger partial charge in [-0.25, -0.2) is 4.99 Å². The number of halogens is 2. The molecule has 7 nitrogen and oxygen atoms in total. The topological polar surface area (TPSA) is 128 Å². The molecule has 0 fully saturated rings. The molecule has 1 aromatic carbocycles. The molecular formula is C7H8Cl2N4O3. The molecule has 0 atom stereocenters. The zero-order valence-electron chi connectivity index (χ0n) is 7.80. The Morgan fingerprint density at radius 3 is 2.00 bits per heavy atom. The molecule has 0 aliphatic heterocycles. The van der Waals surface area contributed by atoms with E-state index in [-0.39, 0.29) is 5.96 Å². The Morgan fingerprint density at radius 1 is 1.31 bits per heavy atom. The van der Waals surface area contributed by atoms with Crippen molar-refractivity contribution in [2.24, 2.45) is 16.5 Å². The van der Waals surface area contributed by atoms with Crippen molar-refractivity contribution in [2.45, 2.75) is 0 Å². The first-order valence-electron chi connectivity index (χ1n) is 3.70. The van der Waals surface area contributed by atoms with Crippen molar-refractivity contribution >= 4 is 34.8 Å². The number of aliphatic imine (C=N–C) groups is 1. The average molecular weight is 267 g/mol. The highest BCUT2D eigenvalue weighted by Gasteiger charge is 1.96. The van der Waals surface area contributed by atoms with Crippen LogP contribution in [-0.2, 0) is 0 Å². The largest absolute Gasteiger partial charge is 0.370 e. The Balaban J connectivity index is 0.000000487. The molecule has 88 valence electrons. The standard InChI is InChI=1S/C7H7Cl2N3.HNO3/c8-4-1-5(9)3-6(2-4)12-7(10)11;2-1(3)4/h1-3H,(H4,10,11,12);(H,2,3,4). The summed E-state index contributed by atoms with van der Waals surface area (Å²) < 4.78 is 0. The molecule has 0 amide bonds. The minimum Gasteiger partial charge on any atom is -0.370 e. The smallest absolute Gasteiger partial charge is 0.291 e. The predicted octanol–water partition coefficient (Wildman–Crippen LogP) is 1.55. The van der Waals surface area contributed by atoms with Gasteiger partial charge in [0.15, 0.2) is 5.96 Å². The molecule has 0 unspecified atom stereocenters. The van der Waals surface area contributed by atoms with Gasteiger partial charge in [-0.15, -0.1) is 10.1 Å². The van der Waals surface area contributed by atoms with E-state index in [0.29, 0.717) is 15.7 Å². The van der Waals surface area contributed by atoms with Crippen LogP contribution < -0.4 is 11.5 Å². The lowest BCUT2D eigenvalue weighted by atomic mass is 10.3. The summed E-state index contributed by atoms with van der Waals surface area (Å²) in [6, 6.07) is 4.84. The van der Waals surface area contributed by atoms with Gasteiger partial charge in [0.25, 0.3) is 5.09 Å². The van der Waals surface area contributed by atoms with Gasteiger partial charge >= 0.3 is 0 Å². The van der Waals surface area contributed by atoms with Crippen molar-refractivity contribution in [1.82, 2.24) is 0 Å². The van der Waals surface area contributed by atoms with Crippen LogP contribution in [-0.4, -0.2) is 16.3 Å². The van der Waals surface area contributed by atoms with E-state index < -0.39 is 5.09 Å². The number of nitrogens with zero attached hydrogens (tertiary/aromatic N) is 2. The molecule has 0 radical (unpaired) electrons. The molecule has 5 N–H and O–H groups in total. The van der Waals surface area contributed by atoms with E-state index in [0.717, 1.165) is 0 Å². The van der Waals surface area contributed by atoms with Crippen molar-refractivity contribution in [3.05, 3.63) is 38.4 Å². The van der Waals surface area contributed by atoms with Gasteiger partial charge < -0.3 is 16.7 Å². The van der Waals surface area contributed by atoms with Crippen LogP contribution in [0.1, 0.15) is 0 Å². The van der Waals surface area contributed by atoms with Gasteiger partial charge in [0, 0.05) is 10.0 Å². The molecular weight excluding hydrogens is 259 g/mol. The van der Waals surface area contributed by atoms with Gasteiger partial charge in [-0.05, 0) is 18.2 Å². The minimum absolute atomic E-state index is 0.0201. The van der Waals surface area contributed by atoms with Crippen LogP contribution in [0.15, 0.2) is 23.2 Å². The van der Waals surface area contributed by atoms with Crippen molar-refractivity contribution in [2.75, 3.05) is 0 Å². The van der Waals surface area contributed by atoms with E-state index in [2.05, 4.69) is 4.99 Å². The van der Waals surface area contributed by atoms with Gasteiger partial charge in [-0.3, -0.25) is 0 Å². The molecule has 0 spiro atoms. The first-order valence-corrected chi connectivity index (χ1v) is 4.46. The quantitative estimate of drug-likeness (QED) is 0.308. The fraction of sp³-hybridized carbons (Fsp3) is 0. The third-order valence-electron chi connectivity index (χ3n) is 1.11. The fourth-order valence-electron chi connectivity index (χ4n) is 0.753. The third-order valence-corrected chi connectivity index (χ3v) is 1.54. The van der Waals surface area contributed by atoms with Crippen LogP contribution in [0.25, 0.3) is 0 Å². The Labute approximate surface area is 100 Å². The van der Waals surface area contributed by atoms with Crippen molar-refractivity contribution in [3.63, 3.8) is 0 Å². The maximum absolute atomic E-state index is 8.36. The normalized spacial score (nSPS) is 8.62. The van der Waals surface area contributed by atoms with E-state index >= 15 is 0 Å². The number of nitrogens with two attached hydrogens (primary N) is 2. The Hall–Kier alpha value is -1.73. The fourth-order valence-corrected chi connectivity index (χ4v) is 1.27. The van der Waals surface area contributed by atoms with Crippen LogP contribution in [0, 0.1) is 10.1 Å². The van der Waals surface area contributed by atoms with Gasteiger partial charge in [0.1, 0.15) is 0 Å². The zero-order valence-corrected chi connectivity index (χ0v) is 9.31. The molecule has 0 saturated carbocycles. The second-order valence-corrected chi connectivity index (χ2v) is 3.28. The molecule has 0 aromatic heterocycles. The molecule has 0 saturated heterocycles. The van der Waals surface area contributed by atoms with E-state index in [9.17, 15) is 0 Å². The molecule has 9 heteroatoms. The van der Waals surface area contributed by atoms with Gasteiger partial charge in [-0.2, -0.15) is 0 Å². The van der Waals surface area contributed by atoms with E-state index in [4.69, 9.17) is 50.0 Å². The molecule has 1 rings (SSSR count). The lowest BCUT2D eigenvalue weighted by molar-refractivity contribution is -0.742. The second kappa shape index (κ2) is 6.70. The summed E-state index contributed by atoms with van der Waals surface area (Å²) in [6.07, 6.45) is 0. The summed E-state index contributed by atoms with van der Waals surface area (Å²) in [5.74, 6) is -0.0201. The maximum Gasteiger partial charge on any atom is 0.291 e. The summed E-state index contributed by atoms with van der Waals surface area (Å²) >= 11 is 11.4. The molecule has 0 aliphatic rings. The molecule has 0 heterocycles. The number of guanidine groups is 1. The zero-order chi connectivity index (χ0) is 12.7. The number of benzene rings is 1. The molecule has 0 aliphatic carbocycles. The van der Waals surface area contributed by atoms with Gasteiger partial charge in [0.2, 0.25) is 0 Å². The van der Waals surface area contributed by atoms with Crippen molar-refractivity contribution in [1.29, 1.82) is 0 Å².